The van der Waals surface area contributed by atoms with Crippen molar-refractivity contribution in [1.82, 2.24) is 0 Å². The maximum absolute atomic E-state index is 12.4. The van der Waals surface area contributed by atoms with Crippen molar-refractivity contribution in [2.75, 3.05) is 15.6 Å². The second-order valence-electron chi connectivity index (χ2n) is 8.10. The Labute approximate surface area is 194 Å². The highest BCUT2D eigenvalue weighted by Crippen LogP contribution is 2.45. The van der Waals surface area contributed by atoms with Crippen LogP contribution in [0.1, 0.15) is 31.4 Å². The van der Waals surface area contributed by atoms with Crippen molar-refractivity contribution in [1.29, 1.82) is 0 Å². The molecule has 0 fully saturated rings. The molecule has 0 aliphatic carbocycles. The first-order valence-corrected chi connectivity index (χ1v) is 13.1. The van der Waals surface area contributed by atoms with Crippen LogP contribution in [-0.4, -0.2) is 31.7 Å². The van der Waals surface area contributed by atoms with E-state index in [0.717, 1.165) is 39.1 Å². The Morgan fingerprint density at radius 1 is 1.00 bits per heavy atom. The van der Waals surface area contributed by atoms with Crippen molar-refractivity contribution in [2.45, 2.75) is 50.7 Å². The third-order valence-corrected chi connectivity index (χ3v) is 8.68. The van der Waals surface area contributed by atoms with E-state index < -0.39 is 16.0 Å². The lowest BCUT2D eigenvalue weighted by molar-refractivity contribution is 0.594. The molecule has 0 amide bonds. The number of thioether (sulfide) groups is 1. The van der Waals surface area contributed by atoms with Gasteiger partial charge >= 0.3 is 0 Å². The first kappa shape index (κ1) is 22.8. The van der Waals surface area contributed by atoms with Crippen molar-refractivity contribution < 1.29 is 8.42 Å². The van der Waals surface area contributed by atoms with Gasteiger partial charge in [0.2, 0.25) is 0 Å². The van der Waals surface area contributed by atoms with Gasteiger partial charge in [0, 0.05) is 11.4 Å². The number of hydrogen-bond donors (Lipinski definition) is 2. The normalized spacial score (nSPS) is 21.1. The summed E-state index contributed by atoms with van der Waals surface area (Å²) in [7, 11) is -3.28. The summed E-state index contributed by atoms with van der Waals surface area (Å²) in [5, 5.41) is 0.823. The molecule has 0 aromatic heterocycles. The molecule has 7 nitrogen and oxygen atoms in total. The number of benzene rings is 2. The lowest BCUT2D eigenvalue weighted by atomic mass is 10.1. The van der Waals surface area contributed by atoms with Gasteiger partial charge in [-0.05, 0) is 62.6 Å². The van der Waals surface area contributed by atoms with Gasteiger partial charge in [-0.15, -0.1) is 0 Å². The molecule has 4 N–H and O–H groups in total. The maximum Gasteiger partial charge on any atom is 0.178 e. The molecule has 2 aliphatic rings. The molecule has 2 aromatic rings. The number of rotatable bonds is 5. The number of hydrogen-bond acceptors (Lipinski definition) is 8. The molecule has 0 radical (unpaired) electrons. The lowest BCUT2D eigenvalue weighted by Crippen LogP contribution is -2.53. The lowest BCUT2D eigenvalue weighted by Gasteiger charge is -2.39. The number of nitrogens with two attached hydrogens (primary N) is 2. The van der Waals surface area contributed by atoms with Gasteiger partial charge in [0.05, 0.1) is 16.3 Å². The van der Waals surface area contributed by atoms with Crippen LogP contribution in [0.4, 0.5) is 11.4 Å². The third kappa shape index (κ3) is 3.83. The summed E-state index contributed by atoms with van der Waals surface area (Å²) in [5.41, 5.74) is 17.9. The molecule has 2 atom stereocenters. The Balaban J connectivity index is 1.73. The molecule has 2 unspecified atom stereocenters. The monoisotopic (exact) mass is 471 g/mol. The van der Waals surface area contributed by atoms with E-state index in [-0.39, 0.29) is 11.3 Å². The summed E-state index contributed by atoms with van der Waals surface area (Å²) in [4.78, 5) is 9.13. The van der Waals surface area contributed by atoms with Crippen molar-refractivity contribution in [3.05, 3.63) is 64.3 Å². The van der Waals surface area contributed by atoms with Gasteiger partial charge in [0.25, 0.3) is 0 Å². The number of sulfone groups is 1. The van der Waals surface area contributed by atoms with E-state index >= 15 is 0 Å². The van der Waals surface area contributed by atoms with Crippen LogP contribution in [0.25, 0.3) is 0 Å². The summed E-state index contributed by atoms with van der Waals surface area (Å²) in [6.07, 6.45) is 0.0659. The van der Waals surface area contributed by atoms with Crippen LogP contribution in [0.5, 0.6) is 0 Å². The number of aliphatic imine (C=N–C) groups is 1. The summed E-state index contributed by atoms with van der Waals surface area (Å²) in [6, 6.07) is 13.0. The minimum absolute atomic E-state index is 0.131. The Morgan fingerprint density at radius 2 is 1.62 bits per heavy atom. The molecule has 2 aliphatic heterocycles. The SMILES string of the molecule is CCCS(=O)(=O)c1ccc(N2C(C)=NC3=C(C2N)N(c2c(C)cccc2C)C(N)S3)cc1. The molecule has 0 saturated heterocycles. The van der Waals surface area contributed by atoms with Crippen LogP contribution in [0.2, 0.25) is 0 Å². The summed E-state index contributed by atoms with van der Waals surface area (Å²) in [6.45, 7) is 7.89. The van der Waals surface area contributed by atoms with E-state index in [1.54, 1.807) is 24.3 Å². The molecule has 2 aromatic carbocycles. The van der Waals surface area contributed by atoms with Crippen LogP contribution in [0.15, 0.2) is 63.1 Å². The minimum atomic E-state index is -3.28. The Bertz CT molecular complexity index is 1190. The first-order chi connectivity index (χ1) is 15.2. The number of aryl methyl sites for hydroxylation is 2. The topological polar surface area (TPSA) is 105 Å². The van der Waals surface area contributed by atoms with E-state index in [1.165, 1.54) is 11.8 Å². The predicted molar refractivity (Wildman–Crippen MR) is 133 cm³/mol. The van der Waals surface area contributed by atoms with E-state index in [2.05, 4.69) is 30.9 Å². The molecule has 170 valence electrons. The molecule has 0 bridgehead atoms. The average Bonchev–Trinajstić information content (AvgIpc) is 3.04. The predicted octanol–water partition coefficient (Wildman–Crippen LogP) is 3.68. The number of amidine groups is 1. The molecule has 2 heterocycles. The van der Waals surface area contributed by atoms with Gasteiger partial charge in [-0.1, -0.05) is 36.9 Å². The molecule has 32 heavy (non-hydrogen) atoms. The van der Waals surface area contributed by atoms with Gasteiger partial charge in [-0.25, -0.2) is 13.4 Å². The second kappa shape index (κ2) is 8.55. The highest BCUT2D eigenvalue weighted by atomic mass is 32.2. The van der Waals surface area contributed by atoms with Crippen molar-refractivity contribution in [2.24, 2.45) is 16.5 Å². The first-order valence-electron chi connectivity index (χ1n) is 10.6. The van der Waals surface area contributed by atoms with Gasteiger partial charge in [0.1, 0.15) is 22.5 Å². The van der Waals surface area contributed by atoms with Crippen LogP contribution >= 0.6 is 11.8 Å². The largest absolute Gasteiger partial charge is 0.314 e. The molecular formula is C23H29N5O2S2. The highest BCUT2D eigenvalue weighted by Gasteiger charge is 2.41. The van der Waals surface area contributed by atoms with E-state index in [1.807, 2.05) is 24.8 Å². The maximum atomic E-state index is 12.4. The molecule has 0 spiro atoms. The zero-order chi connectivity index (χ0) is 23.2. The van der Waals surface area contributed by atoms with Crippen molar-refractivity contribution in [3.63, 3.8) is 0 Å². The Morgan fingerprint density at radius 3 is 2.22 bits per heavy atom. The molecule has 4 rings (SSSR count). The van der Waals surface area contributed by atoms with Gasteiger partial charge < -0.3 is 21.3 Å². The number of anilines is 2. The molecule has 9 heteroatoms. The third-order valence-electron chi connectivity index (χ3n) is 5.76. The summed E-state index contributed by atoms with van der Waals surface area (Å²) in [5.74, 6) is 0.870. The van der Waals surface area contributed by atoms with Gasteiger partial charge in [0.15, 0.2) is 9.84 Å². The standard InChI is InChI=1S/C23H29N5O2S2/c1-5-13-32(29,30)18-11-9-17(10-12-18)27-16(4)26-22-20(21(27)24)28(23(25)31-22)19-14(2)7-6-8-15(19)3/h6-12,21,23H,5,13,24-25H2,1-4H3. The smallest absolute Gasteiger partial charge is 0.178 e. The highest BCUT2D eigenvalue weighted by molar-refractivity contribution is 8.04. The van der Waals surface area contributed by atoms with E-state index in [0.29, 0.717) is 11.3 Å². The number of para-hydroxylation sites is 1. The fraction of sp³-hybridized carbons (Fsp3) is 0.348. The second-order valence-corrected chi connectivity index (χ2v) is 11.3. The van der Waals surface area contributed by atoms with Crippen molar-refractivity contribution >= 4 is 38.8 Å². The quantitative estimate of drug-likeness (QED) is 0.685. The van der Waals surface area contributed by atoms with Crippen LogP contribution < -0.4 is 21.3 Å². The Hall–Kier alpha value is -2.33. The molecular weight excluding hydrogens is 442 g/mol. The van der Waals surface area contributed by atoms with Crippen molar-refractivity contribution in [3.8, 4) is 0 Å². The number of nitrogens with zero attached hydrogens (tertiary/aromatic N) is 3. The van der Waals surface area contributed by atoms with Crippen LogP contribution in [0.3, 0.4) is 0 Å². The Kier molecular flexibility index (Phi) is 6.10. The van der Waals surface area contributed by atoms with Gasteiger partial charge in [-0.2, -0.15) is 0 Å². The van der Waals surface area contributed by atoms with E-state index in [4.69, 9.17) is 16.5 Å². The zero-order valence-corrected chi connectivity index (χ0v) is 20.4. The summed E-state index contributed by atoms with van der Waals surface area (Å²) >= 11 is 1.50. The summed E-state index contributed by atoms with van der Waals surface area (Å²) < 4.78 is 24.8. The van der Waals surface area contributed by atoms with Crippen LogP contribution in [0, 0.1) is 13.8 Å². The fourth-order valence-electron chi connectivity index (χ4n) is 4.33. The average molecular weight is 472 g/mol. The molecule has 0 saturated carbocycles. The zero-order valence-electron chi connectivity index (χ0n) is 18.7. The fourth-order valence-corrected chi connectivity index (χ4v) is 6.73. The van der Waals surface area contributed by atoms with E-state index in [9.17, 15) is 8.42 Å². The van der Waals surface area contributed by atoms with Gasteiger partial charge in [-0.3, -0.25) is 0 Å². The minimum Gasteiger partial charge on any atom is -0.314 e. The van der Waals surface area contributed by atoms with Crippen LogP contribution in [-0.2, 0) is 9.84 Å².